The molecule has 0 aliphatic carbocycles. The van der Waals surface area contributed by atoms with Crippen LogP contribution in [0.2, 0.25) is 0 Å². The summed E-state index contributed by atoms with van der Waals surface area (Å²) in [5.74, 6) is 1.10. The molecule has 0 aliphatic rings. The van der Waals surface area contributed by atoms with Crippen LogP contribution in [0.4, 0.5) is 4.39 Å². The minimum absolute atomic E-state index is 0.154. The third kappa shape index (κ3) is 5.96. The second kappa shape index (κ2) is 7.90. The van der Waals surface area contributed by atoms with Crippen molar-refractivity contribution in [2.75, 3.05) is 13.1 Å². The third-order valence-corrected chi connectivity index (χ3v) is 3.72. The predicted octanol–water partition coefficient (Wildman–Crippen LogP) is 4.40. The molecule has 0 saturated heterocycles. The summed E-state index contributed by atoms with van der Waals surface area (Å²) in [4.78, 5) is 0. The van der Waals surface area contributed by atoms with Crippen LogP contribution in [-0.4, -0.2) is 13.1 Å². The molecule has 1 aromatic carbocycles. The standard InChI is InChI=1S/C15H23BrFN/c1-11(2)10-18-7-6-12(3)8-13-9-14(17)4-5-15(13)16/h4-5,9,11-12,18H,6-8,10H2,1-3H3. The van der Waals surface area contributed by atoms with Gasteiger partial charge < -0.3 is 5.32 Å². The molecule has 1 atom stereocenters. The van der Waals surface area contributed by atoms with Gasteiger partial charge in [-0.2, -0.15) is 0 Å². The summed E-state index contributed by atoms with van der Waals surface area (Å²) in [5.41, 5.74) is 1.06. The van der Waals surface area contributed by atoms with Gasteiger partial charge in [0.25, 0.3) is 0 Å². The Bertz CT molecular complexity index is 366. The first-order valence-electron chi connectivity index (χ1n) is 6.63. The van der Waals surface area contributed by atoms with E-state index in [-0.39, 0.29) is 5.82 Å². The van der Waals surface area contributed by atoms with Crippen LogP contribution in [0, 0.1) is 17.7 Å². The second-order valence-corrected chi connectivity index (χ2v) is 6.29. The van der Waals surface area contributed by atoms with Gasteiger partial charge in [0.2, 0.25) is 0 Å². The van der Waals surface area contributed by atoms with E-state index in [0.717, 1.165) is 36.0 Å². The van der Waals surface area contributed by atoms with Gasteiger partial charge in [0.15, 0.2) is 0 Å². The molecule has 0 aromatic heterocycles. The maximum atomic E-state index is 13.2. The average Bonchev–Trinajstić information content (AvgIpc) is 2.29. The molecule has 0 aliphatic heterocycles. The quantitative estimate of drug-likeness (QED) is 0.735. The Hall–Kier alpha value is -0.410. The Morgan fingerprint density at radius 2 is 2.00 bits per heavy atom. The molecule has 1 N–H and O–H groups in total. The number of benzene rings is 1. The Morgan fingerprint density at radius 1 is 1.28 bits per heavy atom. The van der Waals surface area contributed by atoms with Crippen molar-refractivity contribution in [3.8, 4) is 0 Å². The van der Waals surface area contributed by atoms with E-state index in [9.17, 15) is 4.39 Å². The molecule has 102 valence electrons. The molecule has 0 saturated carbocycles. The highest BCUT2D eigenvalue weighted by atomic mass is 79.9. The monoisotopic (exact) mass is 315 g/mol. The van der Waals surface area contributed by atoms with E-state index < -0.39 is 0 Å². The molecule has 1 aromatic rings. The highest BCUT2D eigenvalue weighted by Gasteiger charge is 2.08. The second-order valence-electron chi connectivity index (χ2n) is 5.43. The van der Waals surface area contributed by atoms with Gasteiger partial charge in [-0.15, -0.1) is 0 Å². The van der Waals surface area contributed by atoms with Crippen molar-refractivity contribution in [3.05, 3.63) is 34.1 Å². The summed E-state index contributed by atoms with van der Waals surface area (Å²) in [6.45, 7) is 8.73. The summed E-state index contributed by atoms with van der Waals surface area (Å²) < 4.78 is 14.2. The molecule has 0 amide bonds. The number of hydrogen-bond acceptors (Lipinski definition) is 1. The molecule has 1 unspecified atom stereocenters. The van der Waals surface area contributed by atoms with Crippen LogP contribution in [0.3, 0.4) is 0 Å². The van der Waals surface area contributed by atoms with Gasteiger partial charge in [-0.1, -0.05) is 36.7 Å². The largest absolute Gasteiger partial charge is 0.316 e. The fraction of sp³-hybridized carbons (Fsp3) is 0.600. The van der Waals surface area contributed by atoms with Crippen LogP contribution in [0.15, 0.2) is 22.7 Å². The van der Waals surface area contributed by atoms with Crippen LogP contribution >= 0.6 is 15.9 Å². The SMILES string of the molecule is CC(C)CNCCC(C)Cc1cc(F)ccc1Br. The third-order valence-electron chi connectivity index (χ3n) is 2.94. The van der Waals surface area contributed by atoms with Crippen molar-refractivity contribution >= 4 is 15.9 Å². The van der Waals surface area contributed by atoms with E-state index in [1.807, 2.05) is 0 Å². The lowest BCUT2D eigenvalue weighted by Gasteiger charge is -2.14. The fourth-order valence-corrected chi connectivity index (χ4v) is 2.32. The lowest BCUT2D eigenvalue weighted by atomic mass is 9.98. The molecule has 0 fully saturated rings. The van der Waals surface area contributed by atoms with Crippen LogP contribution < -0.4 is 5.32 Å². The summed E-state index contributed by atoms with van der Waals surface area (Å²) in [5, 5.41) is 3.44. The average molecular weight is 316 g/mol. The molecular weight excluding hydrogens is 293 g/mol. The fourth-order valence-electron chi connectivity index (χ4n) is 1.92. The Morgan fingerprint density at radius 3 is 2.67 bits per heavy atom. The summed E-state index contributed by atoms with van der Waals surface area (Å²) in [6, 6.07) is 4.90. The van der Waals surface area contributed by atoms with Gasteiger partial charge in [0.1, 0.15) is 5.82 Å². The summed E-state index contributed by atoms with van der Waals surface area (Å²) in [6.07, 6.45) is 2.04. The van der Waals surface area contributed by atoms with E-state index in [1.165, 1.54) is 6.07 Å². The van der Waals surface area contributed by atoms with Gasteiger partial charge in [0.05, 0.1) is 0 Å². The molecule has 1 rings (SSSR count). The minimum Gasteiger partial charge on any atom is -0.316 e. The molecule has 18 heavy (non-hydrogen) atoms. The van der Waals surface area contributed by atoms with Crippen molar-refractivity contribution in [2.24, 2.45) is 11.8 Å². The number of hydrogen-bond donors (Lipinski definition) is 1. The normalized spacial score (nSPS) is 13.0. The van der Waals surface area contributed by atoms with Crippen LogP contribution in [0.1, 0.15) is 32.8 Å². The Labute approximate surface area is 118 Å². The van der Waals surface area contributed by atoms with E-state index >= 15 is 0 Å². The molecular formula is C15H23BrFN. The van der Waals surface area contributed by atoms with Gasteiger partial charge in [-0.3, -0.25) is 0 Å². The number of nitrogens with one attached hydrogen (secondary N) is 1. The van der Waals surface area contributed by atoms with E-state index in [0.29, 0.717) is 11.8 Å². The molecule has 0 radical (unpaired) electrons. The molecule has 3 heteroatoms. The van der Waals surface area contributed by atoms with Crippen molar-refractivity contribution < 1.29 is 4.39 Å². The van der Waals surface area contributed by atoms with Crippen molar-refractivity contribution in [1.29, 1.82) is 0 Å². The first-order valence-corrected chi connectivity index (χ1v) is 7.43. The van der Waals surface area contributed by atoms with Crippen LogP contribution in [-0.2, 0) is 6.42 Å². The van der Waals surface area contributed by atoms with E-state index in [1.54, 1.807) is 12.1 Å². The smallest absolute Gasteiger partial charge is 0.123 e. The minimum atomic E-state index is -0.154. The van der Waals surface area contributed by atoms with Gasteiger partial charge in [0, 0.05) is 4.47 Å². The lowest BCUT2D eigenvalue weighted by Crippen LogP contribution is -2.22. The first-order chi connectivity index (χ1) is 8.49. The van der Waals surface area contributed by atoms with E-state index in [2.05, 4.69) is 42.0 Å². The van der Waals surface area contributed by atoms with Gasteiger partial charge in [-0.05, 0) is 61.5 Å². The lowest BCUT2D eigenvalue weighted by molar-refractivity contribution is 0.473. The highest BCUT2D eigenvalue weighted by molar-refractivity contribution is 9.10. The molecule has 1 nitrogen and oxygen atoms in total. The number of halogens is 2. The number of rotatable bonds is 7. The van der Waals surface area contributed by atoms with Crippen LogP contribution in [0.25, 0.3) is 0 Å². The van der Waals surface area contributed by atoms with Crippen LogP contribution in [0.5, 0.6) is 0 Å². The van der Waals surface area contributed by atoms with Gasteiger partial charge >= 0.3 is 0 Å². The first kappa shape index (κ1) is 15.6. The van der Waals surface area contributed by atoms with Crippen molar-refractivity contribution in [3.63, 3.8) is 0 Å². The maximum absolute atomic E-state index is 13.2. The summed E-state index contributed by atoms with van der Waals surface area (Å²) in [7, 11) is 0. The van der Waals surface area contributed by atoms with E-state index in [4.69, 9.17) is 0 Å². The van der Waals surface area contributed by atoms with Gasteiger partial charge in [-0.25, -0.2) is 4.39 Å². The summed E-state index contributed by atoms with van der Waals surface area (Å²) >= 11 is 3.48. The topological polar surface area (TPSA) is 12.0 Å². The van der Waals surface area contributed by atoms with Crippen molar-refractivity contribution in [2.45, 2.75) is 33.6 Å². The predicted molar refractivity (Wildman–Crippen MR) is 79.3 cm³/mol. The Kier molecular flexibility index (Phi) is 6.87. The molecule has 0 spiro atoms. The zero-order valence-electron chi connectivity index (χ0n) is 11.5. The highest BCUT2D eigenvalue weighted by Crippen LogP contribution is 2.22. The maximum Gasteiger partial charge on any atom is 0.123 e. The molecule has 0 heterocycles. The molecule has 0 bridgehead atoms. The Balaban J connectivity index is 2.35. The zero-order chi connectivity index (χ0) is 13.5. The van der Waals surface area contributed by atoms with Crippen molar-refractivity contribution in [1.82, 2.24) is 5.32 Å². The zero-order valence-corrected chi connectivity index (χ0v) is 13.1.